The van der Waals surface area contributed by atoms with Gasteiger partial charge in [0.25, 0.3) is 7.82 Å². The second-order valence-corrected chi connectivity index (χ2v) is 24.7. The number of ether oxygens (including phenoxy) is 1. The Balaban J connectivity index is 5.13. The highest BCUT2D eigenvalue weighted by atomic mass is 31.2. The van der Waals surface area contributed by atoms with E-state index in [0.717, 1.165) is 57.8 Å². The van der Waals surface area contributed by atoms with E-state index in [-0.39, 0.29) is 31.3 Å². The Morgan fingerprint density at radius 1 is 0.455 bits per heavy atom. The number of phosphoric acid groups is 1. The number of amides is 1. The minimum absolute atomic E-state index is 0.0314. The van der Waals surface area contributed by atoms with E-state index in [2.05, 4.69) is 68.6 Å². The van der Waals surface area contributed by atoms with Crippen molar-refractivity contribution >= 4 is 19.7 Å². The molecule has 1 amide bonds. The highest BCUT2D eigenvalue weighted by Crippen LogP contribution is 2.38. The molecular formula is C67H125N2O7P. The van der Waals surface area contributed by atoms with Gasteiger partial charge in [0.05, 0.1) is 33.8 Å². The van der Waals surface area contributed by atoms with Crippen LogP contribution in [0.15, 0.2) is 60.8 Å². The van der Waals surface area contributed by atoms with Crippen molar-refractivity contribution in [1.82, 2.24) is 5.32 Å². The van der Waals surface area contributed by atoms with Crippen molar-refractivity contribution in [3.05, 3.63) is 60.8 Å². The number of phosphoric ester groups is 1. The number of carbonyl (C=O) groups excluding carboxylic acids is 2. The number of nitrogens with zero attached hydrogens (tertiary/aromatic N) is 1. The molecule has 0 fully saturated rings. The van der Waals surface area contributed by atoms with Crippen molar-refractivity contribution in [2.45, 2.75) is 315 Å². The fourth-order valence-corrected chi connectivity index (χ4v) is 10.1. The fourth-order valence-electron chi connectivity index (χ4n) is 9.37. The van der Waals surface area contributed by atoms with E-state index in [1.54, 1.807) is 0 Å². The van der Waals surface area contributed by atoms with Crippen LogP contribution in [0.3, 0.4) is 0 Å². The molecular weight excluding hydrogens is 976 g/mol. The lowest BCUT2D eigenvalue weighted by atomic mass is 10.0. The molecule has 3 unspecified atom stereocenters. The number of esters is 1. The maximum absolute atomic E-state index is 13.5. The van der Waals surface area contributed by atoms with Gasteiger partial charge in [-0.2, -0.15) is 0 Å². The molecule has 0 saturated carbocycles. The van der Waals surface area contributed by atoms with Crippen LogP contribution >= 0.6 is 7.82 Å². The summed E-state index contributed by atoms with van der Waals surface area (Å²) in [5, 5.41) is 2.99. The maximum atomic E-state index is 13.5. The summed E-state index contributed by atoms with van der Waals surface area (Å²) in [5.41, 5.74) is 0. The van der Waals surface area contributed by atoms with E-state index >= 15 is 0 Å². The molecule has 0 spiro atoms. The number of hydrogen-bond acceptors (Lipinski definition) is 7. The molecule has 1 N–H and O–H groups in total. The first kappa shape index (κ1) is 74.7. The van der Waals surface area contributed by atoms with Crippen LogP contribution in [-0.2, 0) is 27.9 Å². The number of allylic oxidation sites excluding steroid dienone is 9. The largest absolute Gasteiger partial charge is 0.756 e. The summed E-state index contributed by atoms with van der Waals surface area (Å²) < 4.78 is 30.3. The van der Waals surface area contributed by atoms with Gasteiger partial charge < -0.3 is 28.5 Å². The first-order chi connectivity index (χ1) is 37.4. The molecule has 450 valence electrons. The van der Waals surface area contributed by atoms with Gasteiger partial charge in [0.1, 0.15) is 19.3 Å². The topological polar surface area (TPSA) is 114 Å². The van der Waals surface area contributed by atoms with Crippen LogP contribution < -0.4 is 10.2 Å². The Labute approximate surface area is 477 Å². The van der Waals surface area contributed by atoms with Gasteiger partial charge in [-0.1, -0.05) is 268 Å². The summed E-state index contributed by atoms with van der Waals surface area (Å²) in [6.07, 6.45) is 72.2. The summed E-state index contributed by atoms with van der Waals surface area (Å²) >= 11 is 0. The van der Waals surface area contributed by atoms with Gasteiger partial charge >= 0.3 is 5.97 Å². The predicted octanol–water partition coefficient (Wildman–Crippen LogP) is 19.6. The normalized spacial score (nSPS) is 14.0. The zero-order valence-corrected chi connectivity index (χ0v) is 52.3. The number of likely N-dealkylation sites (N-methyl/N-ethyl adjacent to an activating group) is 1. The third kappa shape index (κ3) is 58.2. The lowest BCUT2D eigenvalue weighted by Crippen LogP contribution is -2.47. The molecule has 0 rings (SSSR count). The van der Waals surface area contributed by atoms with Crippen LogP contribution in [0.25, 0.3) is 0 Å². The summed E-state index contributed by atoms with van der Waals surface area (Å²) in [6, 6.07) is -0.918. The summed E-state index contributed by atoms with van der Waals surface area (Å²) in [7, 11) is 1.16. The van der Waals surface area contributed by atoms with E-state index in [9.17, 15) is 19.0 Å². The molecule has 0 saturated heterocycles. The van der Waals surface area contributed by atoms with Gasteiger partial charge in [-0.15, -0.1) is 0 Å². The Bertz CT molecular complexity index is 1500. The lowest BCUT2D eigenvalue weighted by molar-refractivity contribution is -0.870. The van der Waals surface area contributed by atoms with Gasteiger partial charge in [0.15, 0.2) is 0 Å². The predicted molar refractivity (Wildman–Crippen MR) is 330 cm³/mol. The Morgan fingerprint density at radius 3 is 1.22 bits per heavy atom. The number of nitrogens with one attached hydrogen (secondary N) is 1. The Kier molecular flexibility index (Phi) is 55.3. The molecule has 0 heterocycles. The highest BCUT2D eigenvalue weighted by Gasteiger charge is 2.27. The molecule has 0 aromatic heterocycles. The lowest BCUT2D eigenvalue weighted by Gasteiger charge is -2.30. The molecule has 0 bridgehead atoms. The average Bonchev–Trinajstić information content (AvgIpc) is 3.39. The molecule has 0 aliphatic heterocycles. The summed E-state index contributed by atoms with van der Waals surface area (Å²) in [5.74, 6) is -0.611. The second-order valence-electron chi connectivity index (χ2n) is 23.3. The quantitative estimate of drug-likeness (QED) is 0.0212. The van der Waals surface area contributed by atoms with Crippen molar-refractivity contribution in [2.75, 3.05) is 40.9 Å². The molecule has 0 aliphatic rings. The van der Waals surface area contributed by atoms with Gasteiger partial charge in [0.2, 0.25) is 5.91 Å². The van der Waals surface area contributed by atoms with Crippen LogP contribution in [0.5, 0.6) is 0 Å². The van der Waals surface area contributed by atoms with Crippen LogP contribution in [0.2, 0.25) is 0 Å². The monoisotopic (exact) mass is 1100 g/mol. The molecule has 0 aliphatic carbocycles. The van der Waals surface area contributed by atoms with Crippen LogP contribution in [-0.4, -0.2) is 69.4 Å². The minimum atomic E-state index is -4.71. The van der Waals surface area contributed by atoms with Crippen molar-refractivity contribution in [3.63, 3.8) is 0 Å². The van der Waals surface area contributed by atoms with E-state index in [1.807, 2.05) is 39.4 Å². The highest BCUT2D eigenvalue weighted by molar-refractivity contribution is 7.45. The van der Waals surface area contributed by atoms with E-state index in [4.69, 9.17) is 13.8 Å². The van der Waals surface area contributed by atoms with Crippen molar-refractivity contribution in [1.29, 1.82) is 0 Å². The number of quaternary nitrogens is 1. The Morgan fingerprint density at radius 2 is 0.805 bits per heavy atom. The fraction of sp³-hybridized carbons (Fsp3) is 0.821. The van der Waals surface area contributed by atoms with Crippen LogP contribution in [0.1, 0.15) is 303 Å². The maximum Gasteiger partial charge on any atom is 0.306 e. The average molecular weight is 1100 g/mol. The van der Waals surface area contributed by atoms with Crippen molar-refractivity contribution in [2.24, 2.45) is 0 Å². The molecule has 77 heavy (non-hydrogen) atoms. The molecule has 9 nitrogen and oxygen atoms in total. The summed E-state index contributed by atoms with van der Waals surface area (Å²) in [4.78, 5) is 40.0. The van der Waals surface area contributed by atoms with Gasteiger partial charge in [-0.3, -0.25) is 14.2 Å². The smallest absolute Gasteiger partial charge is 0.306 e. The van der Waals surface area contributed by atoms with Crippen molar-refractivity contribution < 1.29 is 37.3 Å². The van der Waals surface area contributed by atoms with Crippen molar-refractivity contribution in [3.8, 4) is 0 Å². The number of rotatable bonds is 59. The molecule has 0 aromatic rings. The van der Waals surface area contributed by atoms with Crippen LogP contribution in [0.4, 0.5) is 0 Å². The van der Waals surface area contributed by atoms with Gasteiger partial charge in [0, 0.05) is 12.8 Å². The van der Waals surface area contributed by atoms with E-state index < -0.39 is 26.6 Å². The first-order valence-electron chi connectivity index (χ1n) is 32.6. The third-order valence-corrected chi connectivity index (χ3v) is 15.4. The van der Waals surface area contributed by atoms with Crippen LogP contribution in [0, 0.1) is 0 Å². The molecule has 10 heteroatoms. The standard InChI is InChI=1S/C67H125N2O7P/c1-7-10-13-16-19-22-25-28-29-30-31-32-33-34-35-36-37-38-39-42-45-48-51-54-57-60-67(71)76-65(58-55-52-49-46-43-40-26-23-20-17-14-11-8-2)64(63-75-77(72,73)74-62-61-69(4,5)6)68-66(70)59-56-53-50-47-44-41-27-24-21-18-15-12-9-3/h19,22,28-29,41,44,50,53,55,58,64-65H,7-18,20-21,23-27,30-40,42-43,45-49,51-52,54,56-57,59-63H2,1-6H3,(H-,68,70,72,73)/b22-19-,29-28-,44-41-,53-50+,58-55-. The first-order valence-corrected chi connectivity index (χ1v) is 34.1. The number of hydrogen-bond donors (Lipinski definition) is 1. The number of carbonyl (C=O) groups is 2. The number of unbranched alkanes of at least 4 members (excludes halogenated alkanes) is 35. The van der Waals surface area contributed by atoms with Gasteiger partial charge in [-0.25, -0.2) is 0 Å². The SMILES string of the molecule is CCCCC/C=C\C/C=C\CCCCCCCCCCCCCCCCCC(=O)OC(/C=C\CCCCCCCCCCCCC)C(COP(=O)([O-])OCC[N+](C)(C)C)NC(=O)CC/C=C/C/C=C\CCCCCCCC. The second kappa shape index (κ2) is 57.0. The Hall–Kier alpha value is -2.29. The minimum Gasteiger partial charge on any atom is -0.756 e. The third-order valence-electron chi connectivity index (χ3n) is 14.4. The van der Waals surface area contributed by atoms with E-state index in [0.29, 0.717) is 17.4 Å². The summed E-state index contributed by atoms with van der Waals surface area (Å²) in [6.45, 7) is 6.79. The molecule has 0 radical (unpaired) electrons. The zero-order valence-electron chi connectivity index (χ0n) is 51.4. The zero-order chi connectivity index (χ0) is 56.4. The molecule has 3 atom stereocenters. The van der Waals surface area contributed by atoms with E-state index in [1.165, 1.54) is 205 Å². The molecule has 0 aromatic carbocycles. The van der Waals surface area contributed by atoms with Gasteiger partial charge in [-0.05, 0) is 83.1 Å².